The predicted molar refractivity (Wildman–Crippen MR) is 73.0 cm³/mol. The summed E-state index contributed by atoms with van der Waals surface area (Å²) in [4.78, 5) is 12.9. The lowest BCUT2D eigenvalue weighted by atomic mass is 9.97. The van der Waals surface area contributed by atoms with Crippen LogP contribution in [-0.4, -0.2) is 36.1 Å². The van der Waals surface area contributed by atoms with Crippen LogP contribution < -0.4 is 0 Å². The quantitative estimate of drug-likeness (QED) is 0.835. The number of halogens is 1. The lowest BCUT2D eigenvalue weighted by molar-refractivity contribution is -0.131. The molecule has 0 spiro atoms. The molecule has 0 bridgehead atoms. The van der Waals surface area contributed by atoms with Crippen LogP contribution in [0.5, 0.6) is 0 Å². The molecular weight excluding hydrogens is 250 g/mol. The van der Waals surface area contributed by atoms with E-state index in [1.807, 2.05) is 12.1 Å². The highest BCUT2D eigenvalue weighted by Gasteiger charge is 2.16. The van der Waals surface area contributed by atoms with E-state index in [1.165, 1.54) is 11.6 Å². The summed E-state index contributed by atoms with van der Waals surface area (Å²) in [6.07, 6.45) is 4.66. The first kappa shape index (κ1) is 13.1. The topological polar surface area (TPSA) is 40.5 Å². The molecule has 1 heterocycles. The van der Waals surface area contributed by atoms with Crippen LogP contribution in [0, 0.1) is 0 Å². The molecule has 1 N–H and O–H groups in total. The summed E-state index contributed by atoms with van der Waals surface area (Å²) in [6, 6.07) is 3.75. The number of benzene rings is 1. The third-order valence-electron chi connectivity index (χ3n) is 3.30. The molecule has 18 heavy (non-hydrogen) atoms. The fourth-order valence-electron chi connectivity index (χ4n) is 2.28. The minimum Gasteiger partial charge on any atom is -0.478 e. The van der Waals surface area contributed by atoms with Crippen molar-refractivity contribution in [3.05, 3.63) is 39.9 Å². The van der Waals surface area contributed by atoms with Gasteiger partial charge < -0.3 is 10.0 Å². The molecule has 0 saturated carbocycles. The summed E-state index contributed by atoms with van der Waals surface area (Å²) < 4.78 is 0. The first-order chi connectivity index (χ1) is 8.58. The van der Waals surface area contributed by atoms with E-state index in [1.54, 1.807) is 6.08 Å². The number of likely N-dealkylation sites (N-methyl/N-ethyl adjacent to an activating group) is 1. The SMILES string of the molecule is CN1CCc2c(Cl)ccc(/C=C/C(=O)O)c2CC1. The lowest BCUT2D eigenvalue weighted by Gasteiger charge is -2.11. The second-order valence-corrected chi connectivity index (χ2v) is 4.98. The van der Waals surface area contributed by atoms with Crippen molar-refractivity contribution < 1.29 is 9.90 Å². The molecule has 4 heteroatoms. The van der Waals surface area contributed by atoms with Crippen molar-refractivity contribution >= 4 is 23.6 Å². The Balaban J connectivity index is 2.41. The van der Waals surface area contributed by atoms with Crippen molar-refractivity contribution in [2.75, 3.05) is 20.1 Å². The average Bonchev–Trinajstić information content (AvgIpc) is 2.52. The van der Waals surface area contributed by atoms with Crippen LogP contribution in [0.4, 0.5) is 0 Å². The minimum absolute atomic E-state index is 0.785. The van der Waals surface area contributed by atoms with E-state index in [2.05, 4.69) is 11.9 Å². The normalized spacial score (nSPS) is 16.6. The molecule has 1 aromatic rings. The number of aliphatic carboxylic acids is 1. The fourth-order valence-corrected chi connectivity index (χ4v) is 2.55. The van der Waals surface area contributed by atoms with Crippen molar-refractivity contribution in [1.82, 2.24) is 4.90 Å². The Morgan fingerprint density at radius 3 is 2.67 bits per heavy atom. The van der Waals surface area contributed by atoms with Crippen molar-refractivity contribution in [3.63, 3.8) is 0 Å². The van der Waals surface area contributed by atoms with Crippen LogP contribution in [0.2, 0.25) is 5.02 Å². The first-order valence-electron chi connectivity index (χ1n) is 5.97. The Morgan fingerprint density at radius 1 is 1.33 bits per heavy atom. The van der Waals surface area contributed by atoms with E-state index in [-0.39, 0.29) is 0 Å². The van der Waals surface area contributed by atoms with Gasteiger partial charge in [-0.1, -0.05) is 17.7 Å². The zero-order chi connectivity index (χ0) is 13.1. The van der Waals surface area contributed by atoms with Gasteiger partial charge in [-0.25, -0.2) is 4.79 Å². The standard InChI is InChI=1S/C14H16ClNO2/c1-16-8-6-11-10(3-5-14(17)18)2-4-13(15)12(11)7-9-16/h2-5H,6-9H2,1H3,(H,17,18)/b5-3+. The second-order valence-electron chi connectivity index (χ2n) is 4.57. The molecule has 1 aliphatic heterocycles. The van der Waals surface area contributed by atoms with E-state index >= 15 is 0 Å². The van der Waals surface area contributed by atoms with E-state index < -0.39 is 5.97 Å². The van der Waals surface area contributed by atoms with Gasteiger partial charge in [0.05, 0.1) is 0 Å². The van der Waals surface area contributed by atoms with Gasteiger partial charge in [0.1, 0.15) is 0 Å². The van der Waals surface area contributed by atoms with Gasteiger partial charge in [-0.15, -0.1) is 0 Å². The van der Waals surface area contributed by atoms with Gasteiger partial charge >= 0.3 is 5.97 Å². The molecule has 1 aliphatic rings. The molecular formula is C14H16ClNO2. The van der Waals surface area contributed by atoms with Crippen LogP contribution in [0.25, 0.3) is 6.08 Å². The molecule has 0 aromatic heterocycles. The second kappa shape index (κ2) is 5.55. The predicted octanol–water partition coefficient (Wildman–Crippen LogP) is 2.47. The summed E-state index contributed by atoms with van der Waals surface area (Å²) in [6.45, 7) is 1.96. The monoisotopic (exact) mass is 265 g/mol. The Bertz CT molecular complexity index is 497. The van der Waals surface area contributed by atoms with Crippen molar-refractivity contribution in [2.24, 2.45) is 0 Å². The maximum atomic E-state index is 10.6. The number of carboxylic acids is 1. The molecule has 96 valence electrons. The summed E-state index contributed by atoms with van der Waals surface area (Å²) in [5.74, 6) is -0.926. The third-order valence-corrected chi connectivity index (χ3v) is 3.66. The van der Waals surface area contributed by atoms with Gasteiger partial charge in [0, 0.05) is 24.2 Å². The molecule has 1 aromatic carbocycles. The van der Waals surface area contributed by atoms with Gasteiger partial charge in [-0.05, 0) is 48.7 Å². The van der Waals surface area contributed by atoms with E-state index in [0.29, 0.717) is 0 Å². The van der Waals surface area contributed by atoms with Crippen LogP contribution in [0.1, 0.15) is 16.7 Å². The largest absolute Gasteiger partial charge is 0.478 e. The van der Waals surface area contributed by atoms with E-state index in [9.17, 15) is 4.79 Å². The van der Waals surface area contributed by atoms with Gasteiger partial charge in [0.25, 0.3) is 0 Å². The molecule has 0 unspecified atom stereocenters. The Morgan fingerprint density at radius 2 is 2.00 bits per heavy atom. The first-order valence-corrected chi connectivity index (χ1v) is 6.35. The maximum absolute atomic E-state index is 10.6. The fraction of sp³-hybridized carbons (Fsp3) is 0.357. The van der Waals surface area contributed by atoms with Gasteiger partial charge in [-0.3, -0.25) is 0 Å². The Hall–Kier alpha value is -1.32. The van der Waals surface area contributed by atoms with Crippen LogP contribution in [-0.2, 0) is 17.6 Å². The highest BCUT2D eigenvalue weighted by molar-refractivity contribution is 6.31. The number of rotatable bonds is 2. The lowest BCUT2D eigenvalue weighted by Crippen LogP contribution is -2.20. The Labute approximate surface area is 112 Å². The zero-order valence-corrected chi connectivity index (χ0v) is 11.1. The summed E-state index contributed by atoms with van der Waals surface area (Å²) in [5.41, 5.74) is 3.31. The van der Waals surface area contributed by atoms with Gasteiger partial charge in [0.15, 0.2) is 0 Å². The molecule has 0 radical (unpaired) electrons. The summed E-state index contributed by atoms with van der Waals surface area (Å²) in [7, 11) is 2.09. The maximum Gasteiger partial charge on any atom is 0.328 e. The third kappa shape index (κ3) is 2.92. The number of carbonyl (C=O) groups is 1. The van der Waals surface area contributed by atoms with Crippen molar-refractivity contribution in [1.29, 1.82) is 0 Å². The molecule has 0 amide bonds. The zero-order valence-electron chi connectivity index (χ0n) is 10.3. The molecule has 0 atom stereocenters. The summed E-state index contributed by atoms with van der Waals surface area (Å²) >= 11 is 6.24. The molecule has 0 saturated heterocycles. The highest BCUT2D eigenvalue weighted by Crippen LogP contribution is 2.27. The minimum atomic E-state index is -0.926. The average molecular weight is 266 g/mol. The van der Waals surface area contributed by atoms with E-state index in [0.717, 1.165) is 42.1 Å². The molecule has 3 nitrogen and oxygen atoms in total. The smallest absolute Gasteiger partial charge is 0.328 e. The number of fused-ring (bicyclic) bond motifs is 1. The molecule has 0 aliphatic carbocycles. The van der Waals surface area contributed by atoms with Crippen LogP contribution in [0.15, 0.2) is 18.2 Å². The van der Waals surface area contributed by atoms with Crippen molar-refractivity contribution in [2.45, 2.75) is 12.8 Å². The Kier molecular flexibility index (Phi) is 4.04. The molecule has 2 rings (SSSR count). The number of hydrogen-bond acceptors (Lipinski definition) is 2. The molecule has 0 fully saturated rings. The number of nitrogens with zero attached hydrogens (tertiary/aromatic N) is 1. The van der Waals surface area contributed by atoms with Crippen LogP contribution in [0.3, 0.4) is 0 Å². The number of carboxylic acid groups (broad SMARTS) is 1. The summed E-state index contributed by atoms with van der Waals surface area (Å²) in [5, 5.41) is 9.49. The van der Waals surface area contributed by atoms with Crippen molar-refractivity contribution in [3.8, 4) is 0 Å². The number of hydrogen-bond donors (Lipinski definition) is 1. The van der Waals surface area contributed by atoms with Gasteiger partial charge in [-0.2, -0.15) is 0 Å². The van der Waals surface area contributed by atoms with Crippen LogP contribution >= 0.6 is 11.6 Å². The van der Waals surface area contributed by atoms with E-state index in [4.69, 9.17) is 16.7 Å². The highest BCUT2D eigenvalue weighted by atomic mass is 35.5. The van der Waals surface area contributed by atoms with Gasteiger partial charge in [0.2, 0.25) is 0 Å².